The average Bonchev–Trinajstić information content (AvgIpc) is 3.07. The van der Waals surface area contributed by atoms with Gasteiger partial charge in [0, 0.05) is 22.7 Å². The van der Waals surface area contributed by atoms with Crippen molar-refractivity contribution >= 4 is 28.2 Å². The van der Waals surface area contributed by atoms with Crippen LogP contribution < -0.4 is 0 Å². The quantitative estimate of drug-likeness (QED) is 0.776. The van der Waals surface area contributed by atoms with Gasteiger partial charge in [-0.05, 0) is 32.0 Å². The highest BCUT2D eigenvalue weighted by molar-refractivity contribution is 7.17. The SMILES string of the molecule is Cc1nc(-c2ccc3c(c2)c(C#N)cn3CC(C)F)sc1C(=O)O. The van der Waals surface area contributed by atoms with Gasteiger partial charge in [-0.3, -0.25) is 0 Å². The highest BCUT2D eigenvalue weighted by atomic mass is 32.1. The number of carboxylic acid groups (broad SMARTS) is 1. The standard InChI is InChI=1S/C17H14FN3O2S/c1-9(18)7-21-8-12(6-19)13-5-11(3-4-14(13)21)16-20-10(2)15(24-16)17(22)23/h3-5,8-9H,7H2,1-2H3,(H,22,23). The number of carboxylic acids is 1. The van der Waals surface area contributed by atoms with Gasteiger partial charge < -0.3 is 9.67 Å². The fourth-order valence-corrected chi connectivity index (χ4v) is 3.56. The van der Waals surface area contributed by atoms with Gasteiger partial charge in [-0.15, -0.1) is 11.3 Å². The van der Waals surface area contributed by atoms with Gasteiger partial charge in [0.2, 0.25) is 0 Å². The van der Waals surface area contributed by atoms with Crippen molar-refractivity contribution in [2.45, 2.75) is 26.6 Å². The molecule has 0 aliphatic carbocycles. The van der Waals surface area contributed by atoms with Crippen molar-refractivity contribution in [2.75, 3.05) is 0 Å². The van der Waals surface area contributed by atoms with Crippen LogP contribution in [0.5, 0.6) is 0 Å². The molecule has 2 heterocycles. The number of hydrogen-bond donors (Lipinski definition) is 1. The van der Waals surface area contributed by atoms with Crippen LogP contribution in [0.3, 0.4) is 0 Å². The van der Waals surface area contributed by atoms with Crippen molar-refractivity contribution in [1.29, 1.82) is 5.26 Å². The molecule has 5 nitrogen and oxygen atoms in total. The zero-order valence-electron chi connectivity index (χ0n) is 13.1. The summed E-state index contributed by atoms with van der Waals surface area (Å²) >= 11 is 1.10. The van der Waals surface area contributed by atoms with Crippen LogP contribution in [0.15, 0.2) is 24.4 Å². The van der Waals surface area contributed by atoms with E-state index < -0.39 is 12.1 Å². The number of halogens is 1. The summed E-state index contributed by atoms with van der Waals surface area (Å²) in [7, 11) is 0. The largest absolute Gasteiger partial charge is 0.477 e. The minimum Gasteiger partial charge on any atom is -0.477 e. The number of aryl methyl sites for hydroxylation is 1. The van der Waals surface area contributed by atoms with Gasteiger partial charge in [0.25, 0.3) is 0 Å². The van der Waals surface area contributed by atoms with Crippen LogP contribution >= 0.6 is 11.3 Å². The molecule has 122 valence electrons. The molecule has 0 amide bonds. The second kappa shape index (κ2) is 6.06. The second-order valence-electron chi connectivity index (χ2n) is 5.56. The third kappa shape index (κ3) is 2.76. The highest BCUT2D eigenvalue weighted by Crippen LogP contribution is 2.32. The Hall–Kier alpha value is -2.72. The van der Waals surface area contributed by atoms with Gasteiger partial charge in [0.15, 0.2) is 0 Å². The monoisotopic (exact) mass is 343 g/mol. The maximum Gasteiger partial charge on any atom is 0.347 e. The molecule has 0 spiro atoms. The van der Waals surface area contributed by atoms with Crippen molar-refractivity contribution < 1.29 is 14.3 Å². The number of nitriles is 1. The lowest BCUT2D eigenvalue weighted by atomic mass is 10.1. The van der Waals surface area contributed by atoms with Crippen molar-refractivity contribution in [2.24, 2.45) is 0 Å². The molecule has 0 bridgehead atoms. The molecule has 1 unspecified atom stereocenters. The smallest absolute Gasteiger partial charge is 0.347 e. The molecule has 2 aromatic heterocycles. The summed E-state index contributed by atoms with van der Waals surface area (Å²) in [6.45, 7) is 3.30. The first-order valence-corrected chi connectivity index (χ1v) is 8.10. The number of alkyl halides is 1. The second-order valence-corrected chi connectivity index (χ2v) is 6.56. The third-order valence-corrected chi connectivity index (χ3v) is 4.88. The van der Waals surface area contributed by atoms with Crippen LogP contribution in [0.2, 0.25) is 0 Å². The summed E-state index contributed by atoms with van der Waals surface area (Å²) in [5.41, 5.74) is 2.43. The van der Waals surface area contributed by atoms with E-state index >= 15 is 0 Å². The Labute approximate surface area is 141 Å². The summed E-state index contributed by atoms with van der Waals surface area (Å²) in [5, 5.41) is 19.8. The zero-order chi connectivity index (χ0) is 17.4. The van der Waals surface area contributed by atoms with E-state index in [4.69, 9.17) is 5.11 Å². The lowest BCUT2D eigenvalue weighted by Crippen LogP contribution is -2.05. The molecule has 3 rings (SSSR count). The topological polar surface area (TPSA) is 78.9 Å². The number of hydrogen-bond acceptors (Lipinski definition) is 4. The molecule has 1 atom stereocenters. The molecule has 7 heteroatoms. The van der Waals surface area contributed by atoms with E-state index in [0.29, 0.717) is 21.7 Å². The summed E-state index contributed by atoms with van der Waals surface area (Å²) in [6.07, 6.45) is 0.617. The lowest BCUT2D eigenvalue weighted by molar-refractivity contribution is 0.0701. The number of carbonyl (C=O) groups is 1. The molecule has 1 aromatic carbocycles. The van der Waals surface area contributed by atoms with E-state index in [0.717, 1.165) is 22.4 Å². The summed E-state index contributed by atoms with van der Waals surface area (Å²) in [5.74, 6) is -1.00. The zero-order valence-corrected chi connectivity index (χ0v) is 13.9. The van der Waals surface area contributed by atoms with Crippen molar-refractivity contribution in [3.8, 4) is 16.6 Å². The molecule has 0 radical (unpaired) electrons. The fourth-order valence-electron chi connectivity index (χ4n) is 2.66. The van der Waals surface area contributed by atoms with E-state index in [1.54, 1.807) is 23.8 Å². The lowest BCUT2D eigenvalue weighted by Gasteiger charge is -2.06. The molecule has 24 heavy (non-hydrogen) atoms. The van der Waals surface area contributed by atoms with Gasteiger partial charge in [-0.25, -0.2) is 14.2 Å². The first-order valence-electron chi connectivity index (χ1n) is 7.29. The summed E-state index contributed by atoms with van der Waals surface area (Å²) in [6, 6.07) is 7.55. The Morgan fingerprint density at radius 2 is 2.29 bits per heavy atom. The van der Waals surface area contributed by atoms with Crippen LogP contribution in [0.25, 0.3) is 21.5 Å². The van der Waals surface area contributed by atoms with Crippen LogP contribution in [-0.2, 0) is 6.54 Å². The van der Waals surface area contributed by atoms with E-state index in [1.807, 2.05) is 12.1 Å². The fraction of sp³-hybridized carbons (Fsp3) is 0.235. The summed E-state index contributed by atoms with van der Waals surface area (Å²) < 4.78 is 15.0. The van der Waals surface area contributed by atoms with E-state index in [2.05, 4.69) is 11.1 Å². The van der Waals surface area contributed by atoms with E-state index in [9.17, 15) is 14.4 Å². The molecule has 0 saturated heterocycles. The first-order chi connectivity index (χ1) is 11.4. The molecular formula is C17H14FN3O2S. The van der Waals surface area contributed by atoms with Crippen molar-refractivity contribution in [3.63, 3.8) is 0 Å². The third-order valence-electron chi connectivity index (χ3n) is 3.69. The molecule has 0 saturated carbocycles. The van der Waals surface area contributed by atoms with Gasteiger partial charge >= 0.3 is 5.97 Å². The molecule has 0 fully saturated rings. The maximum atomic E-state index is 13.3. The minimum absolute atomic E-state index is 0.178. The van der Waals surface area contributed by atoms with Crippen molar-refractivity contribution in [3.05, 3.63) is 40.5 Å². The predicted molar refractivity (Wildman–Crippen MR) is 90.0 cm³/mol. The molecule has 0 aliphatic heterocycles. The van der Waals surface area contributed by atoms with Crippen molar-refractivity contribution in [1.82, 2.24) is 9.55 Å². The highest BCUT2D eigenvalue weighted by Gasteiger charge is 2.17. The molecule has 1 N–H and O–H groups in total. The first kappa shape index (κ1) is 16.1. The maximum absolute atomic E-state index is 13.3. The van der Waals surface area contributed by atoms with E-state index in [1.165, 1.54) is 6.92 Å². The number of aromatic carboxylic acids is 1. The summed E-state index contributed by atoms with van der Waals surface area (Å²) in [4.78, 5) is 15.7. The van der Waals surface area contributed by atoms with Crippen LogP contribution in [-0.4, -0.2) is 26.8 Å². The van der Waals surface area contributed by atoms with Gasteiger partial charge in [0.05, 0.1) is 17.8 Å². The molecule has 3 aromatic rings. The Bertz CT molecular complexity index is 982. The number of fused-ring (bicyclic) bond motifs is 1. The van der Waals surface area contributed by atoms with Crippen LogP contribution in [0, 0.1) is 18.3 Å². The average molecular weight is 343 g/mol. The Kier molecular flexibility index (Phi) is 4.08. The Morgan fingerprint density at radius 1 is 1.54 bits per heavy atom. The van der Waals surface area contributed by atoms with Gasteiger partial charge in [-0.1, -0.05) is 0 Å². The van der Waals surface area contributed by atoms with Crippen LogP contribution in [0.1, 0.15) is 27.9 Å². The number of thiazole rings is 1. The Morgan fingerprint density at radius 3 is 2.88 bits per heavy atom. The predicted octanol–water partition coefficient (Wildman–Crippen LogP) is 4.00. The normalized spacial score (nSPS) is 12.2. The molecular weight excluding hydrogens is 329 g/mol. The van der Waals surface area contributed by atoms with Gasteiger partial charge in [0.1, 0.15) is 22.1 Å². The number of nitrogens with zero attached hydrogens (tertiary/aromatic N) is 3. The number of benzene rings is 1. The number of rotatable bonds is 4. The number of aromatic nitrogens is 2. The van der Waals surface area contributed by atoms with Crippen LogP contribution in [0.4, 0.5) is 4.39 Å². The molecule has 0 aliphatic rings. The van der Waals surface area contributed by atoms with E-state index in [-0.39, 0.29) is 11.4 Å². The van der Waals surface area contributed by atoms with Gasteiger partial charge in [-0.2, -0.15) is 5.26 Å². The Balaban J connectivity index is 2.13. The minimum atomic E-state index is -1.02.